The van der Waals surface area contributed by atoms with Crippen molar-refractivity contribution in [3.63, 3.8) is 0 Å². The van der Waals surface area contributed by atoms with E-state index in [0.29, 0.717) is 6.07 Å². The topological polar surface area (TPSA) is 80.0 Å². The summed E-state index contributed by atoms with van der Waals surface area (Å²) in [6.07, 6.45) is 0. The molecule has 1 amide bonds. The standard InChI is InChI=1S/C12H8BrClF2N4O/c13-6-3-9(8(16)4-7(6)15)18-12(21)5-1-10(14)19-11(2-5)20-17/h1-4H,17H2,(H,18,21)(H,19,20). The predicted octanol–water partition coefficient (Wildman–Crippen LogP) is 3.31. The molecular weight excluding hydrogens is 370 g/mol. The molecule has 0 saturated heterocycles. The Morgan fingerprint density at radius 2 is 1.95 bits per heavy atom. The summed E-state index contributed by atoms with van der Waals surface area (Å²) in [5, 5.41) is 2.35. The van der Waals surface area contributed by atoms with Gasteiger partial charge < -0.3 is 10.7 Å². The summed E-state index contributed by atoms with van der Waals surface area (Å²) in [6, 6.07) is 4.39. The van der Waals surface area contributed by atoms with Crippen molar-refractivity contribution >= 4 is 44.9 Å². The monoisotopic (exact) mass is 376 g/mol. The highest BCUT2D eigenvalue weighted by Crippen LogP contribution is 2.24. The van der Waals surface area contributed by atoms with Gasteiger partial charge in [0.2, 0.25) is 0 Å². The Kier molecular flexibility index (Phi) is 4.71. The minimum atomic E-state index is -0.902. The number of pyridine rings is 1. The van der Waals surface area contributed by atoms with Crippen LogP contribution in [0.2, 0.25) is 5.15 Å². The molecule has 0 aliphatic carbocycles. The molecular formula is C12H8BrClF2N4O. The zero-order valence-electron chi connectivity index (χ0n) is 10.3. The molecule has 21 heavy (non-hydrogen) atoms. The molecule has 9 heteroatoms. The van der Waals surface area contributed by atoms with E-state index in [-0.39, 0.29) is 26.7 Å². The van der Waals surface area contributed by atoms with E-state index in [0.717, 1.165) is 6.07 Å². The van der Waals surface area contributed by atoms with Crippen molar-refractivity contribution in [2.75, 3.05) is 10.7 Å². The van der Waals surface area contributed by atoms with Gasteiger partial charge in [-0.15, -0.1) is 0 Å². The Bertz CT molecular complexity index is 714. The average molecular weight is 378 g/mol. The summed E-state index contributed by atoms with van der Waals surface area (Å²) >= 11 is 8.65. The van der Waals surface area contributed by atoms with Crippen molar-refractivity contribution in [2.24, 2.45) is 5.84 Å². The van der Waals surface area contributed by atoms with Gasteiger partial charge in [0.1, 0.15) is 22.6 Å². The lowest BCUT2D eigenvalue weighted by Crippen LogP contribution is -2.15. The molecule has 1 aromatic heterocycles. The number of aromatic nitrogens is 1. The fourth-order valence-corrected chi connectivity index (χ4v) is 2.07. The van der Waals surface area contributed by atoms with Crippen LogP contribution in [0.3, 0.4) is 0 Å². The maximum Gasteiger partial charge on any atom is 0.255 e. The number of hydrazine groups is 1. The van der Waals surface area contributed by atoms with E-state index in [1.165, 1.54) is 12.1 Å². The second kappa shape index (κ2) is 6.33. The van der Waals surface area contributed by atoms with Gasteiger partial charge in [-0.1, -0.05) is 11.6 Å². The van der Waals surface area contributed by atoms with Gasteiger partial charge in [0, 0.05) is 11.6 Å². The number of nitrogens with one attached hydrogen (secondary N) is 2. The van der Waals surface area contributed by atoms with E-state index in [9.17, 15) is 13.6 Å². The predicted molar refractivity (Wildman–Crippen MR) is 79.1 cm³/mol. The van der Waals surface area contributed by atoms with E-state index < -0.39 is 17.5 Å². The smallest absolute Gasteiger partial charge is 0.255 e. The Balaban J connectivity index is 2.30. The van der Waals surface area contributed by atoms with Gasteiger partial charge in [0.15, 0.2) is 0 Å². The molecule has 4 N–H and O–H groups in total. The second-order valence-electron chi connectivity index (χ2n) is 3.91. The third-order valence-corrected chi connectivity index (χ3v) is 3.26. The Hall–Kier alpha value is -1.77. The third kappa shape index (κ3) is 3.66. The molecule has 110 valence electrons. The van der Waals surface area contributed by atoms with Crippen LogP contribution in [0.15, 0.2) is 28.7 Å². The summed E-state index contributed by atoms with van der Waals surface area (Å²) in [5.74, 6) is 3.05. The number of nitrogen functional groups attached to an aromatic ring is 1. The number of benzene rings is 1. The first-order chi connectivity index (χ1) is 9.90. The number of halogens is 4. The lowest BCUT2D eigenvalue weighted by molar-refractivity contribution is 0.102. The number of hydrogen-bond donors (Lipinski definition) is 3. The largest absolute Gasteiger partial charge is 0.319 e. The highest BCUT2D eigenvalue weighted by molar-refractivity contribution is 9.10. The summed E-state index contributed by atoms with van der Waals surface area (Å²) < 4.78 is 26.7. The van der Waals surface area contributed by atoms with E-state index in [1.807, 2.05) is 0 Å². The molecule has 0 spiro atoms. The Morgan fingerprint density at radius 3 is 2.62 bits per heavy atom. The number of carbonyl (C=O) groups is 1. The van der Waals surface area contributed by atoms with Gasteiger partial charge in [0.25, 0.3) is 5.91 Å². The van der Waals surface area contributed by atoms with Crippen molar-refractivity contribution in [3.05, 3.63) is 51.1 Å². The SMILES string of the molecule is NNc1cc(C(=O)Nc2cc(Br)c(F)cc2F)cc(Cl)n1. The second-order valence-corrected chi connectivity index (χ2v) is 5.15. The molecule has 0 fully saturated rings. The zero-order valence-corrected chi connectivity index (χ0v) is 12.6. The number of carbonyl (C=O) groups excluding carboxylic acids is 1. The van der Waals surface area contributed by atoms with Crippen LogP contribution in [0.5, 0.6) is 0 Å². The Morgan fingerprint density at radius 1 is 1.24 bits per heavy atom. The highest BCUT2D eigenvalue weighted by atomic mass is 79.9. The molecule has 5 nitrogen and oxygen atoms in total. The van der Waals surface area contributed by atoms with Crippen LogP contribution in [-0.4, -0.2) is 10.9 Å². The number of amides is 1. The molecule has 0 radical (unpaired) electrons. The molecule has 1 aromatic carbocycles. The molecule has 0 unspecified atom stereocenters. The van der Waals surface area contributed by atoms with E-state index >= 15 is 0 Å². The summed E-state index contributed by atoms with van der Waals surface area (Å²) in [6.45, 7) is 0. The van der Waals surface area contributed by atoms with E-state index in [4.69, 9.17) is 17.4 Å². The van der Waals surface area contributed by atoms with Crippen LogP contribution in [0.1, 0.15) is 10.4 Å². The molecule has 2 rings (SSSR count). The van der Waals surface area contributed by atoms with Crippen LogP contribution < -0.4 is 16.6 Å². The van der Waals surface area contributed by atoms with Gasteiger partial charge >= 0.3 is 0 Å². The highest BCUT2D eigenvalue weighted by Gasteiger charge is 2.14. The summed E-state index contributed by atoms with van der Waals surface area (Å²) in [4.78, 5) is 15.8. The molecule has 0 atom stereocenters. The van der Waals surface area contributed by atoms with Gasteiger partial charge in [-0.05, 0) is 34.1 Å². The number of anilines is 2. The van der Waals surface area contributed by atoms with Gasteiger partial charge in [-0.2, -0.15) is 0 Å². The van der Waals surface area contributed by atoms with E-state index in [1.54, 1.807) is 0 Å². The number of hydrogen-bond acceptors (Lipinski definition) is 4. The molecule has 2 aromatic rings. The van der Waals surface area contributed by atoms with Gasteiger partial charge in [-0.25, -0.2) is 19.6 Å². The minimum Gasteiger partial charge on any atom is -0.319 e. The van der Waals surface area contributed by atoms with Crippen molar-refractivity contribution < 1.29 is 13.6 Å². The first-order valence-electron chi connectivity index (χ1n) is 5.51. The van der Waals surface area contributed by atoms with Crippen LogP contribution in [0, 0.1) is 11.6 Å². The Labute approximate surface area is 131 Å². The zero-order chi connectivity index (χ0) is 15.6. The van der Waals surface area contributed by atoms with Crippen LogP contribution in [-0.2, 0) is 0 Å². The van der Waals surface area contributed by atoms with Gasteiger partial charge in [-0.3, -0.25) is 4.79 Å². The first-order valence-corrected chi connectivity index (χ1v) is 6.68. The van der Waals surface area contributed by atoms with Crippen LogP contribution >= 0.6 is 27.5 Å². The molecule has 0 aliphatic heterocycles. The van der Waals surface area contributed by atoms with Gasteiger partial charge in [0.05, 0.1) is 10.2 Å². The van der Waals surface area contributed by atoms with Crippen molar-refractivity contribution in [1.29, 1.82) is 0 Å². The lowest BCUT2D eigenvalue weighted by Gasteiger charge is -2.09. The average Bonchev–Trinajstić information content (AvgIpc) is 2.43. The molecule has 0 bridgehead atoms. The van der Waals surface area contributed by atoms with E-state index in [2.05, 4.69) is 31.7 Å². The molecule has 1 heterocycles. The van der Waals surface area contributed by atoms with Crippen LogP contribution in [0.4, 0.5) is 20.3 Å². The number of nitrogens with zero attached hydrogens (tertiary/aromatic N) is 1. The number of nitrogens with two attached hydrogens (primary N) is 1. The maximum absolute atomic E-state index is 13.6. The normalized spacial score (nSPS) is 10.3. The molecule has 0 saturated carbocycles. The van der Waals surface area contributed by atoms with Crippen molar-refractivity contribution in [1.82, 2.24) is 4.98 Å². The maximum atomic E-state index is 13.6. The van der Waals surface area contributed by atoms with Crippen molar-refractivity contribution in [3.8, 4) is 0 Å². The first kappa shape index (κ1) is 15.6. The fraction of sp³-hybridized carbons (Fsp3) is 0. The third-order valence-electron chi connectivity index (χ3n) is 2.46. The fourth-order valence-electron chi connectivity index (χ4n) is 1.51. The minimum absolute atomic E-state index is 0.0243. The molecule has 0 aliphatic rings. The number of rotatable bonds is 3. The lowest BCUT2D eigenvalue weighted by atomic mass is 10.2. The summed E-state index contributed by atoms with van der Waals surface area (Å²) in [7, 11) is 0. The van der Waals surface area contributed by atoms with Crippen LogP contribution in [0.25, 0.3) is 0 Å². The quantitative estimate of drug-likeness (QED) is 0.332. The van der Waals surface area contributed by atoms with Crippen molar-refractivity contribution in [2.45, 2.75) is 0 Å². The summed E-state index contributed by atoms with van der Waals surface area (Å²) in [5.41, 5.74) is 2.18.